The van der Waals surface area contributed by atoms with Crippen molar-refractivity contribution in [3.63, 3.8) is 0 Å². The summed E-state index contributed by atoms with van der Waals surface area (Å²) < 4.78 is 26.2. The number of fused-ring (bicyclic) bond motifs is 4. The zero-order valence-electron chi connectivity index (χ0n) is 30.5. The summed E-state index contributed by atoms with van der Waals surface area (Å²) in [5, 5.41) is 3.87. The highest BCUT2D eigenvalue weighted by Gasteiger charge is 2.42. The highest BCUT2D eigenvalue weighted by atomic mass is 32.2. The molecule has 6 aromatic carbocycles. The van der Waals surface area contributed by atoms with Crippen molar-refractivity contribution in [1.29, 1.82) is 0 Å². The molecule has 0 spiro atoms. The highest BCUT2D eigenvalue weighted by Crippen LogP contribution is 2.52. The fourth-order valence-corrected chi connectivity index (χ4v) is 15.2. The fraction of sp³-hybridized carbons (Fsp3) is 0.182. The summed E-state index contributed by atoms with van der Waals surface area (Å²) in [6.07, 6.45) is 0. The fourth-order valence-electron chi connectivity index (χ4n) is 7.87. The van der Waals surface area contributed by atoms with E-state index in [2.05, 4.69) is 162 Å². The molecule has 2 heterocycles. The average Bonchev–Trinajstić information content (AvgIpc) is 3.11. The Morgan fingerprint density at radius 2 is 1.06 bits per heavy atom. The van der Waals surface area contributed by atoms with E-state index in [0.717, 1.165) is 16.0 Å². The van der Waals surface area contributed by atoms with Crippen LogP contribution in [0.4, 0.5) is 0 Å². The van der Waals surface area contributed by atoms with Crippen molar-refractivity contribution in [1.82, 2.24) is 0 Å². The van der Waals surface area contributed by atoms with Crippen molar-refractivity contribution in [2.24, 2.45) is 0 Å². The lowest BCUT2D eigenvalue weighted by atomic mass is 9.76. The molecule has 2 aliphatic rings. The van der Waals surface area contributed by atoms with E-state index in [4.69, 9.17) is 4.11 Å². The summed E-state index contributed by atoms with van der Waals surface area (Å²) >= 11 is 3.66. The van der Waals surface area contributed by atoms with Crippen molar-refractivity contribution < 1.29 is 4.11 Å². The van der Waals surface area contributed by atoms with E-state index in [1.54, 1.807) is 11.8 Å². The minimum absolute atomic E-state index is 0.154. The third-order valence-electron chi connectivity index (χ3n) is 10.7. The van der Waals surface area contributed by atoms with Gasteiger partial charge in [0.25, 0.3) is 0 Å². The molecule has 0 radical (unpaired) electrons. The second-order valence-corrected chi connectivity index (χ2v) is 20.1. The second-order valence-electron chi connectivity index (χ2n) is 14.1. The first-order valence-electron chi connectivity index (χ1n) is 17.9. The molecule has 1 unspecified atom stereocenters. The molecule has 0 fully saturated rings. The summed E-state index contributed by atoms with van der Waals surface area (Å²) in [6, 6.07) is 48.0. The van der Waals surface area contributed by atoms with E-state index in [-0.39, 0.29) is 10.8 Å². The summed E-state index contributed by atoms with van der Waals surface area (Å²) in [4.78, 5) is 5.01. The number of hydrogen-bond acceptors (Lipinski definition) is 2. The zero-order valence-corrected chi connectivity index (χ0v) is 30.2. The Kier molecular flexibility index (Phi) is 6.46. The minimum Gasteiger partial charge on any atom is -0.0895 e. The normalized spacial score (nSPS) is 17.9. The zero-order chi connectivity index (χ0) is 35.1. The van der Waals surface area contributed by atoms with Crippen LogP contribution < -0.4 is 15.6 Å². The van der Waals surface area contributed by atoms with Gasteiger partial charge in [0, 0.05) is 34.5 Å². The van der Waals surface area contributed by atoms with E-state index in [1.165, 1.54) is 52.5 Å². The molecular weight excluding hydrogens is 621 g/mol. The van der Waals surface area contributed by atoms with Gasteiger partial charge >= 0.3 is 0 Å². The SMILES string of the molecule is [2H]C([2H])([2H])c1ccc([Si](C)(c2ccccc2)c2cccc3c2Sc2ccccc2C3(C)C)cc1-c1cccc2c1Sc1ccccc1C2(C)C. The van der Waals surface area contributed by atoms with Crippen molar-refractivity contribution in [3.8, 4) is 11.1 Å². The van der Waals surface area contributed by atoms with E-state index in [0.29, 0.717) is 5.56 Å². The van der Waals surface area contributed by atoms with Gasteiger partial charge in [-0.15, -0.1) is 0 Å². The van der Waals surface area contributed by atoms with E-state index < -0.39 is 14.9 Å². The van der Waals surface area contributed by atoms with Crippen LogP contribution in [0.25, 0.3) is 11.1 Å². The Hall–Kier alpha value is -3.76. The van der Waals surface area contributed by atoms with Crippen molar-refractivity contribution in [2.45, 2.75) is 71.5 Å². The molecule has 232 valence electrons. The molecule has 0 amide bonds. The smallest absolute Gasteiger partial charge is 0.0895 e. The third-order valence-corrected chi connectivity index (χ3v) is 17.8. The van der Waals surface area contributed by atoms with Gasteiger partial charge in [-0.05, 0) is 73.5 Å². The van der Waals surface area contributed by atoms with Gasteiger partial charge in [0.15, 0.2) is 0 Å². The molecule has 0 saturated carbocycles. The van der Waals surface area contributed by atoms with Crippen LogP contribution in [0, 0.1) is 6.85 Å². The second kappa shape index (κ2) is 11.2. The Balaban J connectivity index is 1.39. The molecule has 0 aliphatic carbocycles. The Morgan fingerprint density at radius 3 is 1.72 bits per heavy atom. The van der Waals surface area contributed by atoms with Crippen LogP contribution >= 0.6 is 23.5 Å². The van der Waals surface area contributed by atoms with Gasteiger partial charge in [-0.2, -0.15) is 0 Å². The molecule has 3 heteroatoms. The molecule has 0 nitrogen and oxygen atoms in total. The molecule has 1 atom stereocenters. The summed E-state index contributed by atoms with van der Waals surface area (Å²) in [5.41, 5.74) is 7.07. The van der Waals surface area contributed by atoms with Gasteiger partial charge < -0.3 is 0 Å². The van der Waals surface area contributed by atoms with Crippen molar-refractivity contribution in [3.05, 3.63) is 161 Å². The summed E-state index contributed by atoms with van der Waals surface area (Å²) in [6.45, 7) is 9.43. The van der Waals surface area contributed by atoms with Crippen LogP contribution in [0.3, 0.4) is 0 Å². The van der Waals surface area contributed by atoms with Gasteiger partial charge in [-0.25, -0.2) is 0 Å². The number of aryl methyl sites for hydroxylation is 1. The predicted octanol–water partition coefficient (Wildman–Crippen LogP) is 10.3. The number of hydrogen-bond donors (Lipinski definition) is 0. The molecule has 47 heavy (non-hydrogen) atoms. The molecule has 0 bridgehead atoms. The summed E-state index contributed by atoms with van der Waals surface area (Å²) in [5.74, 6) is 0. The van der Waals surface area contributed by atoms with Gasteiger partial charge in [-0.3, -0.25) is 0 Å². The minimum atomic E-state index is -2.72. The number of rotatable bonds is 4. The maximum Gasteiger partial charge on any atom is 0.146 e. The van der Waals surface area contributed by atoms with Gasteiger partial charge in [0.05, 0.1) is 0 Å². The number of benzene rings is 6. The average molecular weight is 664 g/mol. The topological polar surface area (TPSA) is 0 Å². The first-order chi connectivity index (χ1) is 23.8. The molecule has 0 saturated heterocycles. The van der Waals surface area contributed by atoms with Crippen molar-refractivity contribution in [2.75, 3.05) is 0 Å². The molecule has 6 aromatic rings. The predicted molar refractivity (Wildman–Crippen MR) is 205 cm³/mol. The molecule has 2 aliphatic heterocycles. The maximum absolute atomic E-state index is 8.72. The monoisotopic (exact) mass is 663 g/mol. The molecular formula is C44H40S2Si. The van der Waals surface area contributed by atoms with Crippen LogP contribution in [0.2, 0.25) is 6.55 Å². The first-order valence-corrected chi connectivity index (χ1v) is 20.5. The molecule has 8 rings (SSSR count). The van der Waals surface area contributed by atoms with Crippen molar-refractivity contribution >= 4 is 47.2 Å². The third kappa shape index (κ3) is 4.65. The maximum atomic E-state index is 8.72. The standard InChI is InChI=1S/C44H40S2Si/c1-29-26-27-31(28-33(29)32-18-14-21-36-41(32)45-38-23-12-10-19-34(38)43(36,2)3)47(6,30-16-8-7-9-17-30)40-25-15-22-37-42(40)46-39-24-13-11-20-35(39)44(37,4)5/h7-28H,1-6H3/i1D3. The quantitative estimate of drug-likeness (QED) is 0.136. The van der Waals surface area contributed by atoms with E-state index in [9.17, 15) is 0 Å². The summed E-state index contributed by atoms with van der Waals surface area (Å²) in [7, 11) is -2.72. The van der Waals surface area contributed by atoms with Crippen LogP contribution in [0.1, 0.15) is 59.6 Å². The first kappa shape index (κ1) is 27.2. The lowest BCUT2D eigenvalue weighted by Gasteiger charge is -2.39. The van der Waals surface area contributed by atoms with Gasteiger partial charge in [-0.1, -0.05) is 179 Å². The molecule has 0 aromatic heterocycles. The van der Waals surface area contributed by atoms with Crippen LogP contribution in [-0.4, -0.2) is 8.07 Å². The van der Waals surface area contributed by atoms with Crippen LogP contribution in [-0.2, 0) is 10.8 Å². The Bertz CT molecular complexity index is 2290. The van der Waals surface area contributed by atoms with Crippen LogP contribution in [0.15, 0.2) is 153 Å². The molecule has 0 N–H and O–H groups in total. The highest BCUT2D eigenvalue weighted by molar-refractivity contribution is 8.00. The Morgan fingerprint density at radius 1 is 0.511 bits per heavy atom. The largest absolute Gasteiger partial charge is 0.146 e. The lowest BCUT2D eigenvalue weighted by molar-refractivity contribution is 0.608. The van der Waals surface area contributed by atoms with Gasteiger partial charge in [0.1, 0.15) is 8.07 Å². The van der Waals surface area contributed by atoms with Gasteiger partial charge in [0.2, 0.25) is 0 Å². The van der Waals surface area contributed by atoms with Crippen LogP contribution in [0.5, 0.6) is 0 Å². The lowest BCUT2D eigenvalue weighted by Crippen LogP contribution is -2.65. The van der Waals surface area contributed by atoms with E-state index in [1.807, 2.05) is 17.8 Å². The van der Waals surface area contributed by atoms with E-state index >= 15 is 0 Å². The Labute approximate surface area is 293 Å².